The van der Waals surface area contributed by atoms with Gasteiger partial charge >= 0.3 is 0 Å². The number of ether oxygens (including phenoxy) is 1. The molecule has 0 saturated heterocycles. The predicted molar refractivity (Wildman–Crippen MR) is 61.5 cm³/mol. The van der Waals surface area contributed by atoms with Gasteiger partial charge in [-0.25, -0.2) is 0 Å². The second-order valence-corrected chi connectivity index (χ2v) is 3.96. The molecule has 0 aliphatic carbocycles. The number of hydrogen-bond acceptors (Lipinski definition) is 2. The Balaban J connectivity index is 2.87. The maximum absolute atomic E-state index is 11.0. The van der Waals surface area contributed by atoms with Crippen LogP contribution in [-0.2, 0) is 4.79 Å². The molecule has 1 rings (SSSR count). The van der Waals surface area contributed by atoms with E-state index in [9.17, 15) is 4.79 Å². The zero-order chi connectivity index (χ0) is 11.4. The molecule has 3 heteroatoms. The fourth-order valence-corrected chi connectivity index (χ4v) is 1.48. The van der Waals surface area contributed by atoms with Crippen molar-refractivity contribution in [3.63, 3.8) is 0 Å². The van der Waals surface area contributed by atoms with Gasteiger partial charge in [0.1, 0.15) is 5.75 Å². The number of rotatable bonds is 4. The van der Waals surface area contributed by atoms with Crippen molar-refractivity contribution in [2.24, 2.45) is 0 Å². The normalized spacial score (nSPS) is 12.3. The molecule has 1 atom stereocenters. The van der Waals surface area contributed by atoms with Crippen molar-refractivity contribution in [1.29, 1.82) is 0 Å². The van der Waals surface area contributed by atoms with Crippen LogP contribution in [0.4, 0.5) is 0 Å². The van der Waals surface area contributed by atoms with E-state index in [1.54, 1.807) is 0 Å². The van der Waals surface area contributed by atoms with Gasteiger partial charge in [-0.2, -0.15) is 0 Å². The summed E-state index contributed by atoms with van der Waals surface area (Å²) >= 11 is 5.42. The second kappa shape index (κ2) is 5.17. The summed E-state index contributed by atoms with van der Waals surface area (Å²) in [5.74, 6) is 0.732. The Hall–Kier alpha value is -1.02. The fourth-order valence-electron chi connectivity index (χ4n) is 1.28. The lowest BCUT2D eigenvalue weighted by molar-refractivity contribution is -0.117. The minimum absolute atomic E-state index is 0.446. The monoisotopic (exact) mass is 226 g/mol. The first kappa shape index (κ1) is 12.1. The van der Waals surface area contributed by atoms with Gasteiger partial charge in [-0.15, -0.1) is 0 Å². The van der Waals surface area contributed by atoms with E-state index >= 15 is 0 Å². The minimum atomic E-state index is -0.549. The summed E-state index contributed by atoms with van der Waals surface area (Å²) in [7, 11) is 0. The lowest BCUT2D eigenvalue weighted by Gasteiger charge is -2.15. The SMILES string of the molecule is CC[C@@H](Oc1cc(C)ccc1C)C(=O)Cl. The van der Waals surface area contributed by atoms with E-state index in [0.29, 0.717) is 6.42 Å². The van der Waals surface area contributed by atoms with Crippen LogP contribution in [-0.4, -0.2) is 11.3 Å². The van der Waals surface area contributed by atoms with Crippen LogP contribution in [0.15, 0.2) is 18.2 Å². The molecule has 2 nitrogen and oxygen atoms in total. The molecule has 1 aromatic carbocycles. The molecule has 0 saturated carbocycles. The van der Waals surface area contributed by atoms with Crippen molar-refractivity contribution in [3.8, 4) is 5.75 Å². The zero-order valence-corrected chi connectivity index (χ0v) is 9.97. The molecule has 0 bridgehead atoms. The van der Waals surface area contributed by atoms with E-state index < -0.39 is 11.3 Å². The Morgan fingerprint density at radius 3 is 2.67 bits per heavy atom. The average molecular weight is 227 g/mol. The maximum Gasteiger partial charge on any atom is 0.262 e. The number of aryl methyl sites for hydroxylation is 2. The summed E-state index contributed by atoms with van der Waals surface area (Å²) in [4.78, 5) is 11.0. The van der Waals surface area contributed by atoms with Crippen molar-refractivity contribution < 1.29 is 9.53 Å². The third kappa shape index (κ3) is 3.24. The minimum Gasteiger partial charge on any atom is -0.481 e. The first-order valence-corrected chi connectivity index (χ1v) is 5.35. The predicted octanol–water partition coefficient (Wildman–Crippen LogP) is 3.23. The number of benzene rings is 1. The maximum atomic E-state index is 11.0. The molecule has 0 aliphatic heterocycles. The summed E-state index contributed by atoms with van der Waals surface area (Å²) in [6.07, 6.45) is 0.0302. The summed E-state index contributed by atoms with van der Waals surface area (Å²) in [5, 5.41) is -0.446. The number of halogens is 1. The van der Waals surface area contributed by atoms with Crippen LogP contribution < -0.4 is 4.74 Å². The van der Waals surface area contributed by atoms with Crippen molar-refractivity contribution in [2.45, 2.75) is 33.3 Å². The van der Waals surface area contributed by atoms with Crippen LogP contribution in [0.1, 0.15) is 24.5 Å². The van der Waals surface area contributed by atoms with Gasteiger partial charge in [-0.05, 0) is 49.1 Å². The van der Waals surface area contributed by atoms with Gasteiger partial charge in [0.2, 0.25) is 0 Å². The summed E-state index contributed by atoms with van der Waals surface area (Å²) in [6, 6.07) is 5.89. The number of hydrogen-bond donors (Lipinski definition) is 0. The van der Waals surface area contributed by atoms with Gasteiger partial charge in [0.15, 0.2) is 6.10 Å². The molecule has 1 aromatic rings. The first-order chi connectivity index (χ1) is 7.04. The van der Waals surface area contributed by atoms with Gasteiger partial charge in [-0.3, -0.25) is 4.79 Å². The van der Waals surface area contributed by atoms with Crippen LogP contribution in [0, 0.1) is 13.8 Å². The van der Waals surface area contributed by atoms with E-state index in [-0.39, 0.29) is 0 Å². The number of carbonyl (C=O) groups excluding carboxylic acids is 1. The van der Waals surface area contributed by atoms with Gasteiger partial charge in [0.25, 0.3) is 5.24 Å². The van der Waals surface area contributed by atoms with Gasteiger partial charge < -0.3 is 4.74 Å². The Kier molecular flexibility index (Phi) is 4.15. The van der Waals surface area contributed by atoms with Crippen LogP contribution in [0.5, 0.6) is 5.75 Å². The van der Waals surface area contributed by atoms with Crippen LogP contribution >= 0.6 is 11.6 Å². The van der Waals surface area contributed by atoms with Crippen molar-refractivity contribution in [2.75, 3.05) is 0 Å². The number of carbonyl (C=O) groups is 1. The Morgan fingerprint density at radius 2 is 2.13 bits per heavy atom. The Labute approximate surface area is 95.2 Å². The third-order valence-electron chi connectivity index (χ3n) is 2.24. The average Bonchev–Trinajstić information content (AvgIpc) is 2.18. The lowest BCUT2D eigenvalue weighted by atomic mass is 10.1. The largest absolute Gasteiger partial charge is 0.481 e. The Morgan fingerprint density at radius 1 is 1.47 bits per heavy atom. The van der Waals surface area contributed by atoms with E-state index in [2.05, 4.69) is 0 Å². The fraction of sp³-hybridized carbons (Fsp3) is 0.417. The highest BCUT2D eigenvalue weighted by Gasteiger charge is 2.16. The quantitative estimate of drug-likeness (QED) is 0.737. The summed E-state index contributed by atoms with van der Waals surface area (Å²) < 4.78 is 5.56. The first-order valence-electron chi connectivity index (χ1n) is 4.97. The van der Waals surface area contributed by atoms with Crippen molar-refractivity contribution in [3.05, 3.63) is 29.3 Å². The van der Waals surface area contributed by atoms with E-state index in [1.165, 1.54) is 0 Å². The highest BCUT2D eigenvalue weighted by Crippen LogP contribution is 2.21. The van der Waals surface area contributed by atoms with E-state index in [4.69, 9.17) is 16.3 Å². The van der Waals surface area contributed by atoms with Crippen molar-refractivity contribution in [1.82, 2.24) is 0 Å². The molecule has 0 fully saturated rings. The van der Waals surface area contributed by atoms with Crippen LogP contribution in [0.3, 0.4) is 0 Å². The smallest absolute Gasteiger partial charge is 0.262 e. The highest BCUT2D eigenvalue weighted by molar-refractivity contribution is 6.64. The molecule has 0 aliphatic rings. The standard InChI is InChI=1S/C12H15ClO2/c1-4-10(12(13)14)15-11-7-8(2)5-6-9(11)3/h5-7,10H,4H2,1-3H3/t10-/m1/s1. The highest BCUT2D eigenvalue weighted by atomic mass is 35.5. The summed E-state index contributed by atoms with van der Waals surface area (Å²) in [5.41, 5.74) is 2.12. The molecule has 0 heterocycles. The van der Waals surface area contributed by atoms with Gasteiger partial charge in [0, 0.05) is 0 Å². The molecule has 82 valence electrons. The molecule has 0 unspecified atom stereocenters. The second-order valence-electron chi connectivity index (χ2n) is 3.59. The molecule has 0 radical (unpaired) electrons. The van der Waals surface area contributed by atoms with Crippen LogP contribution in [0.2, 0.25) is 0 Å². The summed E-state index contributed by atoms with van der Waals surface area (Å²) in [6.45, 7) is 5.80. The third-order valence-corrected chi connectivity index (χ3v) is 2.48. The molecule has 0 amide bonds. The Bertz CT molecular complexity index is 361. The molecule has 0 aromatic heterocycles. The molecule has 0 spiro atoms. The molecule has 15 heavy (non-hydrogen) atoms. The van der Waals surface area contributed by atoms with Gasteiger partial charge in [0.05, 0.1) is 0 Å². The van der Waals surface area contributed by atoms with E-state index in [0.717, 1.165) is 16.9 Å². The molecule has 0 N–H and O–H groups in total. The molecular formula is C12H15ClO2. The molecular weight excluding hydrogens is 212 g/mol. The zero-order valence-electron chi connectivity index (χ0n) is 9.21. The van der Waals surface area contributed by atoms with E-state index in [1.807, 2.05) is 39.0 Å². The van der Waals surface area contributed by atoms with Crippen LogP contribution in [0.25, 0.3) is 0 Å². The van der Waals surface area contributed by atoms with Gasteiger partial charge in [-0.1, -0.05) is 19.1 Å². The lowest BCUT2D eigenvalue weighted by Crippen LogP contribution is -2.22. The topological polar surface area (TPSA) is 26.3 Å². The van der Waals surface area contributed by atoms with Crippen molar-refractivity contribution >= 4 is 16.8 Å².